The van der Waals surface area contributed by atoms with E-state index in [0.717, 1.165) is 6.07 Å². The summed E-state index contributed by atoms with van der Waals surface area (Å²) in [6, 6.07) is 2.56. The van der Waals surface area contributed by atoms with E-state index in [-0.39, 0.29) is 5.69 Å². The summed E-state index contributed by atoms with van der Waals surface area (Å²) in [6.45, 7) is 0. The van der Waals surface area contributed by atoms with E-state index in [1.807, 2.05) is 0 Å². The van der Waals surface area contributed by atoms with Gasteiger partial charge in [-0.1, -0.05) is 15.9 Å². The summed E-state index contributed by atoms with van der Waals surface area (Å²) in [7, 11) is 0. The third-order valence-corrected chi connectivity index (χ3v) is 2.43. The Labute approximate surface area is 104 Å². The van der Waals surface area contributed by atoms with Gasteiger partial charge in [0.05, 0.1) is 12.1 Å². The van der Waals surface area contributed by atoms with Gasteiger partial charge in [-0.25, -0.2) is 9.18 Å². The van der Waals surface area contributed by atoms with Crippen LogP contribution in [-0.2, 0) is 9.59 Å². The molecule has 7 heteroatoms. The highest BCUT2D eigenvalue weighted by atomic mass is 79.9. The van der Waals surface area contributed by atoms with Gasteiger partial charge in [-0.3, -0.25) is 4.79 Å². The Bertz CT molecular complexity index is 452. The van der Waals surface area contributed by atoms with E-state index in [1.54, 1.807) is 0 Å². The minimum Gasteiger partial charge on any atom is -0.481 e. The molecule has 1 aromatic rings. The zero-order chi connectivity index (χ0) is 13.0. The second kappa shape index (κ2) is 5.62. The third-order valence-electron chi connectivity index (χ3n) is 1.93. The molecule has 0 bridgehead atoms. The molecule has 0 amide bonds. The number of carboxylic acids is 2. The second-order valence-corrected chi connectivity index (χ2v) is 4.17. The van der Waals surface area contributed by atoms with Gasteiger partial charge in [0.1, 0.15) is 11.9 Å². The maximum absolute atomic E-state index is 13.3. The predicted molar refractivity (Wildman–Crippen MR) is 61.4 cm³/mol. The van der Waals surface area contributed by atoms with Crippen LogP contribution in [0.25, 0.3) is 0 Å². The number of carboxylic acid groups (broad SMARTS) is 2. The first-order valence-corrected chi connectivity index (χ1v) is 5.35. The lowest BCUT2D eigenvalue weighted by Crippen LogP contribution is -2.32. The highest BCUT2D eigenvalue weighted by Crippen LogP contribution is 2.21. The van der Waals surface area contributed by atoms with Gasteiger partial charge in [0.2, 0.25) is 0 Å². The van der Waals surface area contributed by atoms with Gasteiger partial charge in [0.25, 0.3) is 0 Å². The standard InChI is InChI=1S/C10H9BrFNO4/c11-5-1-2-6(12)7(3-5)13-8(10(16)17)4-9(14)15/h1-3,8,13H,4H2,(H,14,15)(H,16,17). The monoisotopic (exact) mass is 305 g/mol. The van der Waals surface area contributed by atoms with E-state index in [0.29, 0.717) is 4.47 Å². The van der Waals surface area contributed by atoms with Crippen LogP contribution in [0, 0.1) is 5.82 Å². The SMILES string of the molecule is O=C(O)CC(Nc1cc(Br)ccc1F)C(=O)O. The van der Waals surface area contributed by atoms with Gasteiger partial charge in [-0.05, 0) is 18.2 Å². The number of benzene rings is 1. The highest BCUT2D eigenvalue weighted by molar-refractivity contribution is 9.10. The largest absolute Gasteiger partial charge is 0.481 e. The molecule has 5 nitrogen and oxygen atoms in total. The van der Waals surface area contributed by atoms with E-state index >= 15 is 0 Å². The maximum Gasteiger partial charge on any atom is 0.326 e. The number of carbonyl (C=O) groups is 2. The van der Waals surface area contributed by atoms with Crippen LogP contribution in [0.5, 0.6) is 0 Å². The van der Waals surface area contributed by atoms with Gasteiger partial charge in [0, 0.05) is 4.47 Å². The van der Waals surface area contributed by atoms with Crippen molar-refractivity contribution >= 4 is 33.6 Å². The molecular weight excluding hydrogens is 297 g/mol. The molecule has 0 aliphatic heterocycles. The van der Waals surface area contributed by atoms with Crippen LogP contribution in [0.2, 0.25) is 0 Å². The molecule has 0 aliphatic rings. The number of hydrogen-bond acceptors (Lipinski definition) is 3. The average Bonchev–Trinajstić information content (AvgIpc) is 2.21. The fourth-order valence-corrected chi connectivity index (χ4v) is 1.53. The van der Waals surface area contributed by atoms with Crippen LogP contribution < -0.4 is 5.32 Å². The van der Waals surface area contributed by atoms with Crippen molar-refractivity contribution < 1.29 is 24.2 Å². The molecule has 17 heavy (non-hydrogen) atoms. The Morgan fingerprint density at radius 2 is 2.06 bits per heavy atom. The van der Waals surface area contributed by atoms with E-state index in [1.165, 1.54) is 12.1 Å². The maximum atomic E-state index is 13.3. The van der Waals surface area contributed by atoms with Crippen molar-refractivity contribution in [3.05, 3.63) is 28.5 Å². The molecule has 3 N–H and O–H groups in total. The molecule has 1 aromatic carbocycles. The van der Waals surface area contributed by atoms with Crippen molar-refractivity contribution in [1.29, 1.82) is 0 Å². The molecule has 1 unspecified atom stereocenters. The molecule has 0 saturated heterocycles. The average molecular weight is 306 g/mol. The molecular formula is C10H9BrFNO4. The predicted octanol–water partition coefficient (Wildman–Crippen LogP) is 1.93. The van der Waals surface area contributed by atoms with E-state index in [9.17, 15) is 14.0 Å². The van der Waals surface area contributed by atoms with E-state index in [4.69, 9.17) is 10.2 Å². The Morgan fingerprint density at radius 1 is 1.41 bits per heavy atom. The van der Waals surface area contributed by atoms with Crippen LogP contribution in [0.4, 0.5) is 10.1 Å². The molecule has 0 aliphatic carbocycles. The van der Waals surface area contributed by atoms with Crippen molar-refractivity contribution in [2.45, 2.75) is 12.5 Å². The van der Waals surface area contributed by atoms with Crippen molar-refractivity contribution in [1.82, 2.24) is 0 Å². The number of aliphatic carboxylic acids is 2. The van der Waals surface area contributed by atoms with Crippen LogP contribution in [0.15, 0.2) is 22.7 Å². The summed E-state index contributed by atoms with van der Waals surface area (Å²) in [6.07, 6.45) is -0.638. The van der Waals surface area contributed by atoms with Gasteiger partial charge >= 0.3 is 11.9 Å². The number of hydrogen-bond donors (Lipinski definition) is 3. The van der Waals surface area contributed by atoms with Gasteiger partial charge in [-0.15, -0.1) is 0 Å². The first-order valence-electron chi connectivity index (χ1n) is 4.56. The normalized spacial score (nSPS) is 11.9. The van der Waals surface area contributed by atoms with Crippen molar-refractivity contribution in [2.75, 3.05) is 5.32 Å². The zero-order valence-corrected chi connectivity index (χ0v) is 10.1. The lowest BCUT2D eigenvalue weighted by molar-refractivity contribution is -0.144. The number of anilines is 1. The first-order chi connectivity index (χ1) is 7.90. The molecule has 0 spiro atoms. The van der Waals surface area contributed by atoms with Crippen LogP contribution >= 0.6 is 15.9 Å². The van der Waals surface area contributed by atoms with Crippen LogP contribution in [0.3, 0.4) is 0 Å². The van der Waals surface area contributed by atoms with Gasteiger partial charge in [0.15, 0.2) is 0 Å². The van der Waals surface area contributed by atoms with Crippen LogP contribution in [-0.4, -0.2) is 28.2 Å². The summed E-state index contributed by atoms with van der Waals surface area (Å²) in [5.74, 6) is -3.28. The second-order valence-electron chi connectivity index (χ2n) is 3.26. The van der Waals surface area contributed by atoms with Crippen LogP contribution in [0.1, 0.15) is 6.42 Å². The van der Waals surface area contributed by atoms with Gasteiger partial charge in [-0.2, -0.15) is 0 Å². The number of nitrogens with one attached hydrogen (secondary N) is 1. The molecule has 1 atom stereocenters. The van der Waals surface area contributed by atoms with Gasteiger partial charge < -0.3 is 15.5 Å². The molecule has 0 aromatic heterocycles. The summed E-state index contributed by atoms with van der Waals surface area (Å²) in [4.78, 5) is 21.2. The quantitative estimate of drug-likeness (QED) is 0.774. The van der Waals surface area contributed by atoms with Crippen molar-refractivity contribution in [3.63, 3.8) is 0 Å². The fraction of sp³-hybridized carbons (Fsp3) is 0.200. The molecule has 1 rings (SSSR count). The Balaban J connectivity index is 2.89. The first kappa shape index (κ1) is 13.4. The Kier molecular flexibility index (Phi) is 4.45. The molecule has 0 radical (unpaired) electrons. The lowest BCUT2D eigenvalue weighted by Gasteiger charge is -2.14. The minimum atomic E-state index is -1.38. The minimum absolute atomic E-state index is 0.0620. The Hall–Kier alpha value is -1.63. The zero-order valence-electron chi connectivity index (χ0n) is 8.48. The molecule has 92 valence electrons. The highest BCUT2D eigenvalue weighted by Gasteiger charge is 2.21. The van der Waals surface area contributed by atoms with Crippen molar-refractivity contribution in [2.24, 2.45) is 0 Å². The topological polar surface area (TPSA) is 86.6 Å². The smallest absolute Gasteiger partial charge is 0.326 e. The molecule has 0 heterocycles. The Morgan fingerprint density at radius 3 is 2.59 bits per heavy atom. The third kappa shape index (κ3) is 4.03. The molecule has 0 saturated carbocycles. The van der Waals surface area contributed by atoms with E-state index < -0.39 is 30.2 Å². The van der Waals surface area contributed by atoms with Crippen molar-refractivity contribution in [3.8, 4) is 0 Å². The lowest BCUT2D eigenvalue weighted by atomic mass is 10.2. The summed E-state index contributed by atoms with van der Waals surface area (Å²) >= 11 is 3.10. The fourth-order valence-electron chi connectivity index (χ4n) is 1.17. The van der Waals surface area contributed by atoms with E-state index in [2.05, 4.69) is 21.2 Å². The number of halogens is 2. The summed E-state index contributed by atoms with van der Waals surface area (Å²) < 4.78 is 13.9. The summed E-state index contributed by atoms with van der Waals surface area (Å²) in [5.41, 5.74) is -0.0620. The number of rotatable bonds is 5. The molecule has 0 fully saturated rings. The summed E-state index contributed by atoms with van der Waals surface area (Å²) in [5, 5.41) is 19.6.